The van der Waals surface area contributed by atoms with Crippen molar-refractivity contribution in [2.75, 3.05) is 0 Å². The largest absolute Gasteiger partial charge is 0.393 e. The van der Waals surface area contributed by atoms with E-state index in [9.17, 15) is 5.11 Å². The first-order chi connectivity index (χ1) is 5.59. The summed E-state index contributed by atoms with van der Waals surface area (Å²) in [4.78, 5) is 0. The predicted octanol–water partition coefficient (Wildman–Crippen LogP) is 0.980. The third-order valence-corrected chi connectivity index (χ3v) is 2.14. The number of rotatable bonds is 3. The van der Waals surface area contributed by atoms with Crippen molar-refractivity contribution >= 4 is 0 Å². The molecule has 0 bridgehead atoms. The first kappa shape index (κ1) is 9.26. The molecule has 2 atom stereocenters. The molecule has 1 rings (SSSR count). The number of aliphatic hydroxyl groups is 1. The summed E-state index contributed by atoms with van der Waals surface area (Å²) in [5, 5.41) is 13.3. The molecule has 0 aliphatic carbocycles. The highest BCUT2D eigenvalue weighted by Gasteiger charge is 2.09. The molecule has 68 valence electrons. The van der Waals surface area contributed by atoms with Crippen LogP contribution >= 0.6 is 0 Å². The maximum atomic E-state index is 9.26. The summed E-state index contributed by atoms with van der Waals surface area (Å²) >= 11 is 0. The highest BCUT2D eigenvalue weighted by atomic mass is 16.3. The Hall–Kier alpha value is -0.830. The van der Waals surface area contributed by atoms with E-state index in [2.05, 4.69) is 5.10 Å². The van der Waals surface area contributed by atoms with Gasteiger partial charge in [-0.15, -0.1) is 0 Å². The maximum absolute atomic E-state index is 9.26. The zero-order valence-corrected chi connectivity index (χ0v) is 7.86. The highest BCUT2D eigenvalue weighted by molar-refractivity contribution is 5.04. The Bertz CT molecular complexity index is 242. The molecule has 0 saturated heterocycles. The first-order valence-electron chi connectivity index (χ1n) is 4.25. The molecule has 0 saturated carbocycles. The topological polar surface area (TPSA) is 38.1 Å². The summed E-state index contributed by atoms with van der Waals surface area (Å²) in [5.41, 5.74) is 1.19. The van der Waals surface area contributed by atoms with Crippen LogP contribution in [-0.2, 0) is 13.5 Å². The van der Waals surface area contributed by atoms with Gasteiger partial charge in [0, 0.05) is 13.2 Å². The average Bonchev–Trinajstić information content (AvgIpc) is 2.35. The fourth-order valence-electron chi connectivity index (χ4n) is 1.12. The van der Waals surface area contributed by atoms with Gasteiger partial charge in [0.05, 0.1) is 12.3 Å². The van der Waals surface area contributed by atoms with Crippen molar-refractivity contribution in [3.63, 3.8) is 0 Å². The Morgan fingerprint density at radius 1 is 1.58 bits per heavy atom. The van der Waals surface area contributed by atoms with Crippen molar-refractivity contribution in [3.05, 3.63) is 18.0 Å². The molecule has 0 aliphatic heterocycles. The molecule has 1 aromatic rings. The monoisotopic (exact) mass is 168 g/mol. The van der Waals surface area contributed by atoms with Crippen LogP contribution in [0.4, 0.5) is 0 Å². The van der Waals surface area contributed by atoms with E-state index in [-0.39, 0.29) is 6.10 Å². The van der Waals surface area contributed by atoms with E-state index >= 15 is 0 Å². The number of aliphatic hydroxyl groups excluding tert-OH is 1. The fraction of sp³-hybridized carbons (Fsp3) is 0.667. The summed E-state index contributed by atoms with van der Waals surface area (Å²) in [7, 11) is 1.90. The van der Waals surface area contributed by atoms with Crippen molar-refractivity contribution < 1.29 is 5.11 Å². The van der Waals surface area contributed by atoms with Crippen LogP contribution < -0.4 is 0 Å². The summed E-state index contributed by atoms with van der Waals surface area (Å²) in [6.45, 7) is 3.86. The molecule has 0 aliphatic rings. The van der Waals surface area contributed by atoms with Crippen LogP contribution in [0.2, 0.25) is 0 Å². The number of aryl methyl sites for hydroxylation is 1. The van der Waals surface area contributed by atoms with Crippen LogP contribution in [0, 0.1) is 5.92 Å². The third kappa shape index (κ3) is 2.34. The molecule has 0 aromatic carbocycles. The van der Waals surface area contributed by atoms with Gasteiger partial charge in [-0.2, -0.15) is 5.10 Å². The summed E-state index contributed by atoms with van der Waals surface area (Å²) in [6, 6.07) is 0. The SMILES string of the molecule is CC(O)C(C)Cc1cnn(C)c1. The third-order valence-electron chi connectivity index (χ3n) is 2.14. The smallest absolute Gasteiger partial charge is 0.0540 e. The van der Waals surface area contributed by atoms with Crippen molar-refractivity contribution in [2.24, 2.45) is 13.0 Å². The normalized spacial score (nSPS) is 16.0. The van der Waals surface area contributed by atoms with Gasteiger partial charge >= 0.3 is 0 Å². The van der Waals surface area contributed by atoms with Gasteiger partial charge in [-0.05, 0) is 24.8 Å². The molecule has 1 aromatic heterocycles. The van der Waals surface area contributed by atoms with E-state index in [1.165, 1.54) is 5.56 Å². The zero-order chi connectivity index (χ0) is 9.14. The molecule has 3 nitrogen and oxygen atoms in total. The summed E-state index contributed by atoms with van der Waals surface area (Å²) in [6.07, 6.45) is 4.48. The van der Waals surface area contributed by atoms with E-state index in [4.69, 9.17) is 0 Å². The Labute approximate surface area is 73.0 Å². The van der Waals surface area contributed by atoms with Crippen LogP contribution in [0.1, 0.15) is 19.4 Å². The second-order valence-electron chi connectivity index (χ2n) is 3.44. The fourth-order valence-corrected chi connectivity index (χ4v) is 1.12. The lowest BCUT2D eigenvalue weighted by atomic mass is 9.99. The lowest BCUT2D eigenvalue weighted by Crippen LogP contribution is -2.15. The quantitative estimate of drug-likeness (QED) is 0.730. The average molecular weight is 168 g/mol. The zero-order valence-electron chi connectivity index (χ0n) is 7.86. The Morgan fingerprint density at radius 2 is 2.25 bits per heavy atom. The van der Waals surface area contributed by atoms with E-state index < -0.39 is 0 Å². The number of nitrogens with zero attached hydrogens (tertiary/aromatic N) is 2. The van der Waals surface area contributed by atoms with E-state index in [1.807, 2.05) is 33.3 Å². The van der Waals surface area contributed by atoms with Gasteiger partial charge in [-0.1, -0.05) is 6.92 Å². The van der Waals surface area contributed by atoms with E-state index in [0.717, 1.165) is 6.42 Å². The van der Waals surface area contributed by atoms with Crippen LogP contribution in [0.15, 0.2) is 12.4 Å². The lowest BCUT2D eigenvalue weighted by molar-refractivity contribution is 0.135. The molecular weight excluding hydrogens is 152 g/mol. The second kappa shape index (κ2) is 3.72. The summed E-state index contributed by atoms with van der Waals surface area (Å²) < 4.78 is 1.78. The Balaban J connectivity index is 2.52. The Morgan fingerprint density at radius 3 is 2.67 bits per heavy atom. The van der Waals surface area contributed by atoms with Gasteiger partial charge in [0.2, 0.25) is 0 Å². The number of hydrogen-bond acceptors (Lipinski definition) is 2. The predicted molar refractivity (Wildman–Crippen MR) is 47.8 cm³/mol. The molecule has 12 heavy (non-hydrogen) atoms. The van der Waals surface area contributed by atoms with Gasteiger partial charge in [0.1, 0.15) is 0 Å². The van der Waals surface area contributed by atoms with Gasteiger partial charge < -0.3 is 5.11 Å². The van der Waals surface area contributed by atoms with Gasteiger partial charge in [0.15, 0.2) is 0 Å². The Kier molecular flexibility index (Phi) is 2.87. The number of hydrogen-bond donors (Lipinski definition) is 1. The van der Waals surface area contributed by atoms with E-state index in [1.54, 1.807) is 4.68 Å². The molecular formula is C9H16N2O. The molecule has 0 radical (unpaired) electrons. The first-order valence-corrected chi connectivity index (χ1v) is 4.25. The maximum Gasteiger partial charge on any atom is 0.0540 e. The number of aromatic nitrogens is 2. The minimum Gasteiger partial charge on any atom is -0.393 e. The van der Waals surface area contributed by atoms with Crippen molar-refractivity contribution in [1.29, 1.82) is 0 Å². The van der Waals surface area contributed by atoms with Crippen LogP contribution in [-0.4, -0.2) is 21.0 Å². The standard InChI is InChI=1S/C9H16N2O/c1-7(8(2)12)4-9-5-10-11(3)6-9/h5-8,12H,4H2,1-3H3. The van der Waals surface area contributed by atoms with Crippen molar-refractivity contribution in [3.8, 4) is 0 Å². The van der Waals surface area contributed by atoms with Gasteiger partial charge in [-0.25, -0.2) is 0 Å². The van der Waals surface area contributed by atoms with Crippen LogP contribution in [0.25, 0.3) is 0 Å². The molecule has 0 amide bonds. The molecule has 1 heterocycles. The summed E-state index contributed by atoms with van der Waals surface area (Å²) in [5.74, 6) is 0.300. The highest BCUT2D eigenvalue weighted by Crippen LogP contribution is 2.10. The van der Waals surface area contributed by atoms with Crippen LogP contribution in [0.3, 0.4) is 0 Å². The van der Waals surface area contributed by atoms with Crippen molar-refractivity contribution in [1.82, 2.24) is 9.78 Å². The van der Waals surface area contributed by atoms with Crippen LogP contribution in [0.5, 0.6) is 0 Å². The lowest BCUT2D eigenvalue weighted by Gasteiger charge is -2.12. The molecule has 3 heteroatoms. The second-order valence-corrected chi connectivity index (χ2v) is 3.44. The minimum atomic E-state index is -0.245. The molecule has 0 spiro atoms. The van der Waals surface area contributed by atoms with Gasteiger partial charge in [0.25, 0.3) is 0 Å². The van der Waals surface area contributed by atoms with Gasteiger partial charge in [-0.3, -0.25) is 4.68 Å². The molecule has 0 fully saturated rings. The van der Waals surface area contributed by atoms with Crippen molar-refractivity contribution in [2.45, 2.75) is 26.4 Å². The molecule has 2 unspecified atom stereocenters. The van der Waals surface area contributed by atoms with E-state index in [0.29, 0.717) is 5.92 Å². The molecule has 1 N–H and O–H groups in total. The minimum absolute atomic E-state index is 0.245.